The van der Waals surface area contributed by atoms with E-state index in [1.165, 1.54) is 103 Å². The molecule has 284 valence electrons. The lowest BCUT2D eigenvalue weighted by Crippen LogP contribution is -3.12. The van der Waals surface area contributed by atoms with Crippen LogP contribution in [-0.4, -0.2) is 87.5 Å². The summed E-state index contributed by atoms with van der Waals surface area (Å²) in [6.07, 6.45) is 22.3. The van der Waals surface area contributed by atoms with Crippen LogP contribution in [-0.2, 0) is 13.3 Å². The van der Waals surface area contributed by atoms with Gasteiger partial charge in [-0.2, -0.15) is 0 Å². The van der Waals surface area contributed by atoms with E-state index >= 15 is 0 Å². The fourth-order valence-electron chi connectivity index (χ4n) is 6.09. The molecule has 0 rings (SSSR count). The Hall–Kier alpha value is 0.847. The molecule has 0 aromatic carbocycles. The summed E-state index contributed by atoms with van der Waals surface area (Å²) in [7, 11) is -2.72. The quantitative estimate of drug-likeness (QED) is 0.0460. The molecular weight excluding hydrogens is 657 g/mol. The number of unbranched alkanes of at least 4 members (excludes halogenated alkanes) is 15. The van der Waals surface area contributed by atoms with E-state index in [2.05, 4.69) is 48.5 Å². The molecule has 0 amide bonds. The minimum Gasteiger partial charge on any atom is -1.00 e. The van der Waals surface area contributed by atoms with Gasteiger partial charge in [-0.3, -0.25) is 0 Å². The van der Waals surface area contributed by atoms with Crippen molar-refractivity contribution in [2.45, 2.75) is 157 Å². The average molecular weight is 740 g/mol. The fraction of sp³-hybridized carbons (Fsp3) is 1.00. The summed E-state index contributed by atoms with van der Waals surface area (Å²) in [5.41, 5.74) is 0. The molecule has 0 heterocycles. The molecule has 0 unspecified atom stereocenters. The zero-order valence-corrected chi connectivity index (χ0v) is 35.1. The first-order chi connectivity index (χ1) is 21.0. The standard InChI is InChI=1S/C36H79N3O3Si.3ClH/c1-8-15-16-17-18-19-20-21-22-23-24-25-26-27-28-29-36-43(40-33-30-37(9-2)10-3,41-34-31-38(11-4)12-5)42-35-32-39(13-6)14-7;;;/h8-36H2,1-7H3;3*1H. The second kappa shape index (κ2) is 40.3. The molecule has 0 atom stereocenters. The van der Waals surface area contributed by atoms with Crippen molar-refractivity contribution in [3.8, 4) is 0 Å². The highest BCUT2D eigenvalue weighted by Gasteiger charge is 2.41. The number of rotatable bonds is 35. The van der Waals surface area contributed by atoms with Gasteiger partial charge in [0.05, 0.1) is 78.7 Å². The van der Waals surface area contributed by atoms with Gasteiger partial charge in [0.2, 0.25) is 0 Å². The predicted molar refractivity (Wildman–Crippen MR) is 189 cm³/mol. The van der Waals surface area contributed by atoms with Crippen molar-refractivity contribution in [3.05, 3.63) is 0 Å². The lowest BCUT2D eigenvalue weighted by molar-refractivity contribution is -0.897. The largest absolute Gasteiger partial charge is 1.00 e. The molecule has 0 aliphatic rings. The monoisotopic (exact) mass is 738 g/mol. The molecule has 0 aliphatic carbocycles. The van der Waals surface area contributed by atoms with Gasteiger partial charge in [0, 0.05) is 6.04 Å². The molecule has 0 radical (unpaired) electrons. The van der Waals surface area contributed by atoms with Crippen LogP contribution in [0.15, 0.2) is 0 Å². The van der Waals surface area contributed by atoms with E-state index in [0.29, 0.717) is 0 Å². The Morgan fingerprint density at radius 1 is 0.348 bits per heavy atom. The number of quaternary nitrogens is 3. The fourth-order valence-corrected chi connectivity index (χ4v) is 8.70. The minimum atomic E-state index is -2.72. The highest BCUT2D eigenvalue weighted by Crippen LogP contribution is 2.21. The highest BCUT2D eigenvalue weighted by atomic mass is 35.5. The minimum absolute atomic E-state index is 0. The van der Waals surface area contributed by atoms with E-state index in [1.54, 1.807) is 14.7 Å². The predicted octanol–water partition coefficient (Wildman–Crippen LogP) is -3.98. The van der Waals surface area contributed by atoms with Crippen LogP contribution in [0.3, 0.4) is 0 Å². The number of nitrogens with one attached hydrogen (secondary N) is 3. The molecule has 0 aromatic rings. The summed E-state index contributed by atoms with van der Waals surface area (Å²) < 4.78 is 20.2. The Balaban J connectivity index is -0.00000294. The molecule has 0 saturated heterocycles. The first-order valence-electron chi connectivity index (χ1n) is 19.5. The Bertz CT molecular complexity index is 516. The third-order valence-electron chi connectivity index (χ3n) is 9.67. The van der Waals surface area contributed by atoms with Crippen LogP contribution in [0.4, 0.5) is 0 Å². The van der Waals surface area contributed by atoms with E-state index in [-0.39, 0.29) is 37.2 Å². The van der Waals surface area contributed by atoms with E-state index < -0.39 is 8.80 Å². The summed E-state index contributed by atoms with van der Waals surface area (Å²) in [5, 5.41) is 0. The van der Waals surface area contributed by atoms with Gasteiger partial charge in [0.15, 0.2) is 0 Å². The zero-order chi connectivity index (χ0) is 31.9. The van der Waals surface area contributed by atoms with Gasteiger partial charge in [-0.15, -0.1) is 0 Å². The summed E-state index contributed by atoms with van der Waals surface area (Å²) in [5.74, 6) is 0. The van der Waals surface area contributed by atoms with Crippen LogP contribution < -0.4 is 51.9 Å². The van der Waals surface area contributed by atoms with E-state index in [1.807, 2.05) is 0 Å². The Morgan fingerprint density at radius 3 is 0.826 bits per heavy atom. The molecule has 0 saturated carbocycles. The van der Waals surface area contributed by atoms with Crippen molar-refractivity contribution in [1.29, 1.82) is 0 Å². The molecule has 0 bridgehead atoms. The Kier molecular flexibility index (Phi) is 47.0. The Morgan fingerprint density at radius 2 is 0.587 bits per heavy atom. The second-order valence-electron chi connectivity index (χ2n) is 12.9. The summed E-state index contributed by atoms with van der Waals surface area (Å²) >= 11 is 0. The van der Waals surface area contributed by atoms with Gasteiger partial charge in [0.25, 0.3) is 0 Å². The molecule has 0 fully saturated rings. The number of hydrogen-bond donors (Lipinski definition) is 3. The van der Waals surface area contributed by atoms with Crippen molar-refractivity contribution in [3.63, 3.8) is 0 Å². The van der Waals surface area contributed by atoms with E-state index in [0.717, 1.165) is 84.8 Å². The topological polar surface area (TPSA) is 41.0 Å². The van der Waals surface area contributed by atoms with Crippen molar-refractivity contribution in [2.75, 3.05) is 78.7 Å². The van der Waals surface area contributed by atoms with Crippen LogP contribution in [0, 0.1) is 0 Å². The Labute approximate surface area is 308 Å². The van der Waals surface area contributed by atoms with Gasteiger partial charge in [-0.1, -0.05) is 103 Å². The lowest BCUT2D eigenvalue weighted by atomic mass is 10.0. The SMILES string of the molecule is CCCCCCCCCCCCCCCCCC[Si](OCC[NH+](CC)CC)(OCC[NH+](CC)CC)OCC[NH+](CC)CC.[Cl-].[Cl-].[Cl-]. The van der Waals surface area contributed by atoms with Gasteiger partial charge >= 0.3 is 8.80 Å². The summed E-state index contributed by atoms with van der Waals surface area (Å²) in [4.78, 5) is 4.77. The maximum absolute atomic E-state index is 6.74. The zero-order valence-electron chi connectivity index (χ0n) is 31.9. The van der Waals surface area contributed by atoms with Crippen molar-refractivity contribution in [2.24, 2.45) is 0 Å². The van der Waals surface area contributed by atoms with Crippen molar-refractivity contribution < 1.29 is 65.2 Å². The number of hydrogen-bond acceptors (Lipinski definition) is 3. The highest BCUT2D eigenvalue weighted by molar-refractivity contribution is 6.60. The van der Waals surface area contributed by atoms with Crippen molar-refractivity contribution >= 4 is 8.80 Å². The van der Waals surface area contributed by atoms with Gasteiger partial charge in [-0.05, 0) is 48.0 Å². The number of likely N-dealkylation sites (N-methyl/N-ethyl adjacent to an activating group) is 3. The molecule has 0 aromatic heterocycles. The summed E-state index contributed by atoms with van der Waals surface area (Å²) in [6, 6.07) is 0.972. The molecule has 0 spiro atoms. The molecule has 6 nitrogen and oxygen atoms in total. The van der Waals surface area contributed by atoms with Crippen LogP contribution in [0.1, 0.15) is 151 Å². The molecule has 3 N–H and O–H groups in total. The molecule has 46 heavy (non-hydrogen) atoms. The first-order valence-corrected chi connectivity index (χ1v) is 21.4. The molecule has 10 heteroatoms. The van der Waals surface area contributed by atoms with Crippen LogP contribution in [0.25, 0.3) is 0 Å². The van der Waals surface area contributed by atoms with Gasteiger partial charge in [-0.25, -0.2) is 0 Å². The maximum atomic E-state index is 6.74. The number of halogens is 3. The first kappa shape index (κ1) is 53.6. The molecule has 0 aliphatic heterocycles. The van der Waals surface area contributed by atoms with E-state index in [9.17, 15) is 0 Å². The van der Waals surface area contributed by atoms with Crippen LogP contribution in [0.5, 0.6) is 0 Å². The third kappa shape index (κ3) is 30.9. The van der Waals surface area contributed by atoms with Gasteiger partial charge in [0.1, 0.15) is 0 Å². The summed E-state index contributed by atoms with van der Waals surface area (Å²) in [6.45, 7) is 28.2. The second-order valence-corrected chi connectivity index (χ2v) is 15.6. The molecular formula is C36H82Cl3N3O3Si. The van der Waals surface area contributed by atoms with Crippen LogP contribution in [0.2, 0.25) is 6.04 Å². The lowest BCUT2D eigenvalue weighted by Gasteiger charge is -2.31. The smallest absolute Gasteiger partial charge is 0.501 e. The van der Waals surface area contributed by atoms with E-state index in [4.69, 9.17) is 13.3 Å². The van der Waals surface area contributed by atoms with Gasteiger partial charge < -0.3 is 65.2 Å². The average Bonchev–Trinajstić information content (AvgIpc) is 3.03. The maximum Gasteiger partial charge on any atom is 0.501 e. The normalized spacial score (nSPS) is 11.6. The third-order valence-corrected chi connectivity index (χ3v) is 12.6. The van der Waals surface area contributed by atoms with Crippen molar-refractivity contribution in [1.82, 2.24) is 0 Å². The van der Waals surface area contributed by atoms with Crippen LogP contribution >= 0.6 is 0 Å².